The van der Waals surface area contributed by atoms with Crippen molar-refractivity contribution in [1.82, 2.24) is 5.32 Å². The molecule has 0 amide bonds. The summed E-state index contributed by atoms with van der Waals surface area (Å²) in [4.78, 5) is 11.7. The fraction of sp³-hybridized carbons (Fsp3) is 0.278. The maximum absolute atomic E-state index is 11.7. The number of benzene rings is 2. The molecule has 1 aliphatic rings. The van der Waals surface area contributed by atoms with Gasteiger partial charge in [-0.15, -0.1) is 0 Å². The Hall–Kier alpha value is -2.13. The Morgan fingerprint density at radius 3 is 2.33 bits per heavy atom. The van der Waals surface area contributed by atoms with E-state index in [9.17, 15) is 4.79 Å². The zero-order valence-electron chi connectivity index (χ0n) is 11.9. The molecule has 3 heteroatoms. The first-order valence-corrected chi connectivity index (χ1v) is 7.34. The topological polar surface area (TPSA) is 38.3 Å². The standard InChI is InChI=1S/C18H19NO2/c20-18-16(11-12-21-18)19-17(15-9-5-2-6-10-15)13-14-7-3-1-4-8-14/h1-10,16-17,19H,11-13H2. The number of carbonyl (C=O) groups is 1. The summed E-state index contributed by atoms with van der Waals surface area (Å²) in [5.74, 6) is -0.135. The zero-order valence-corrected chi connectivity index (χ0v) is 11.9. The Labute approximate surface area is 124 Å². The zero-order chi connectivity index (χ0) is 14.5. The van der Waals surface area contributed by atoms with E-state index in [1.165, 1.54) is 11.1 Å². The van der Waals surface area contributed by atoms with Crippen molar-refractivity contribution in [2.45, 2.75) is 24.9 Å². The highest BCUT2D eigenvalue weighted by Gasteiger charge is 2.29. The average Bonchev–Trinajstić information content (AvgIpc) is 2.94. The summed E-state index contributed by atoms with van der Waals surface area (Å²) < 4.78 is 5.05. The van der Waals surface area contributed by atoms with Crippen molar-refractivity contribution in [3.63, 3.8) is 0 Å². The van der Waals surface area contributed by atoms with Crippen LogP contribution in [-0.4, -0.2) is 18.6 Å². The lowest BCUT2D eigenvalue weighted by Gasteiger charge is -2.22. The number of hydrogen-bond acceptors (Lipinski definition) is 3. The van der Waals surface area contributed by atoms with Crippen LogP contribution in [0.25, 0.3) is 0 Å². The highest BCUT2D eigenvalue weighted by atomic mass is 16.5. The smallest absolute Gasteiger partial charge is 0.323 e. The van der Waals surface area contributed by atoms with Gasteiger partial charge in [0.2, 0.25) is 0 Å². The van der Waals surface area contributed by atoms with Crippen LogP contribution in [-0.2, 0) is 16.0 Å². The first-order valence-electron chi connectivity index (χ1n) is 7.34. The normalized spacial score (nSPS) is 19.2. The second-order valence-corrected chi connectivity index (χ2v) is 5.33. The minimum absolute atomic E-state index is 0.115. The van der Waals surface area contributed by atoms with Gasteiger partial charge in [0.25, 0.3) is 0 Å². The molecule has 2 atom stereocenters. The van der Waals surface area contributed by atoms with Gasteiger partial charge in [-0.25, -0.2) is 0 Å². The van der Waals surface area contributed by atoms with Crippen molar-refractivity contribution in [2.75, 3.05) is 6.61 Å². The predicted octanol–water partition coefficient (Wildman–Crippen LogP) is 2.88. The van der Waals surface area contributed by atoms with Crippen LogP contribution < -0.4 is 5.32 Å². The molecule has 1 aliphatic heterocycles. The number of esters is 1. The molecule has 2 aromatic carbocycles. The second-order valence-electron chi connectivity index (χ2n) is 5.33. The molecule has 0 spiro atoms. The molecule has 0 radical (unpaired) electrons. The number of hydrogen-bond donors (Lipinski definition) is 1. The van der Waals surface area contributed by atoms with Gasteiger partial charge in [0, 0.05) is 12.5 Å². The van der Waals surface area contributed by atoms with E-state index in [1.54, 1.807) is 0 Å². The fourth-order valence-electron chi connectivity index (χ4n) is 2.70. The van der Waals surface area contributed by atoms with Crippen LogP contribution in [0.4, 0.5) is 0 Å². The molecule has 21 heavy (non-hydrogen) atoms. The van der Waals surface area contributed by atoms with Gasteiger partial charge in [-0.3, -0.25) is 10.1 Å². The molecule has 1 saturated heterocycles. The number of nitrogens with one attached hydrogen (secondary N) is 1. The van der Waals surface area contributed by atoms with Crippen molar-refractivity contribution in [3.05, 3.63) is 71.8 Å². The molecule has 0 saturated carbocycles. The van der Waals surface area contributed by atoms with E-state index in [-0.39, 0.29) is 18.1 Å². The average molecular weight is 281 g/mol. The van der Waals surface area contributed by atoms with Crippen LogP contribution in [0, 0.1) is 0 Å². The van der Waals surface area contributed by atoms with E-state index >= 15 is 0 Å². The lowest BCUT2D eigenvalue weighted by atomic mass is 9.98. The second kappa shape index (κ2) is 6.55. The van der Waals surface area contributed by atoms with E-state index in [0.717, 1.165) is 12.8 Å². The SMILES string of the molecule is O=C1OCCC1NC(Cc1ccccc1)c1ccccc1. The molecule has 1 heterocycles. The van der Waals surface area contributed by atoms with Crippen LogP contribution >= 0.6 is 0 Å². The third-order valence-corrected chi connectivity index (χ3v) is 3.82. The van der Waals surface area contributed by atoms with Crippen molar-refractivity contribution in [2.24, 2.45) is 0 Å². The summed E-state index contributed by atoms with van der Waals surface area (Å²) >= 11 is 0. The molecule has 0 aliphatic carbocycles. The van der Waals surface area contributed by atoms with Crippen LogP contribution in [0.15, 0.2) is 60.7 Å². The summed E-state index contributed by atoms with van der Waals surface area (Å²) in [5, 5.41) is 3.46. The summed E-state index contributed by atoms with van der Waals surface area (Å²) in [6.07, 6.45) is 1.60. The van der Waals surface area contributed by atoms with Crippen LogP contribution in [0.2, 0.25) is 0 Å². The Bertz CT molecular complexity index is 583. The molecule has 0 aromatic heterocycles. The number of ether oxygens (including phenoxy) is 1. The number of cyclic esters (lactones) is 1. The lowest BCUT2D eigenvalue weighted by Crippen LogP contribution is -2.37. The van der Waals surface area contributed by atoms with Gasteiger partial charge in [0.05, 0.1) is 6.61 Å². The maximum atomic E-state index is 11.7. The van der Waals surface area contributed by atoms with Crippen LogP contribution in [0.3, 0.4) is 0 Å². The minimum atomic E-state index is -0.195. The molecule has 1 N–H and O–H groups in total. The number of carbonyl (C=O) groups excluding carboxylic acids is 1. The largest absolute Gasteiger partial charge is 0.464 e. The monoisotopic (exact) mass is 281 g/mol. The quantitative estimate of drug-likeness (QED) is 0.856. The van der Waals surface area contributed by atoms with Gasteiger partial charge in [-0.05, 0) is 17.5 Å². The van der Waals surface area contributed by atoms with Crippen LogP contribution in [0.5, 0.6) is 0 Å². The van der Waals surface area contributed by atoms with E-state index in [0.29, 0.717) is 6.61 Å². The summed E-state index contributed by atoms with van der Waals surface area (Å²) in [5.41, 5.74) is 2.45. The molecule has 1 fully saturated rings. The van der Waals surface area contributed by atoms with Gasteiger partial charge in [-0.2, -0.15) is 0 Å². The van der Waals surface area contributed by atoms with Crippen LogP contribution in [0.1, 0.15) is 23.6 Å². The summed E-state index contributed by atoms with van der Waals surface area (Å²) in [6, 6.07) is 20.5. The lowest BCUT2D eigenvalue weighted by molar-refractivity contribution is -0.139. The van der Waals surface area contributed by atoms with E-state index in [4.69, 9.17) is 4.74 Å². The maximum Gasteiger partial charge on any atom is 0.323 e. The first kappa shape index (κ1) is 13.8. The third-order valence-electron chi connectivity index (χ3n) is 3.82. The van der Waals surface area contributed by atoms with E-state index in [2.05, 4.69) is 29.6 Å². The molecular weight excluding hydrogens is 262 g/mol. The minimum Gasteiger partial charge on any atom is -0.464 e. The van der Waals surface area contributed by atoms with Crippen molar-refractivity contribution >= 4 is 5.97 Å². The number of rotatable bonds is 5. The third kappa shape index (κ3) is 3.50. The van der Waals surface area contributed by atoms with Gasteiger partial charge in [0.1, 0.15) is 6.04 Å². The van der Waals surface area contributed by atoms with E-state index in [1.807, 2.05) is 36.4 Å². The predicted molar refractivity (Wildman–Crippen MR) is 81.8 cm³/mol. The molecule has 2 unspecified atom stereocenters. The highest BCUT2D eigenvalue weighted by molar-refractivity contribution is 5.77. The first-order chi connectivity index (χ1) is 10.3. The molecule has 3 nitrogen and oxygen atoms in total. The molecule has 2 aromatic rings. The van der Waals surface area contributed by atoms with Crippen molar-refractivity contribution in [1.29, 1.82) is 0 Å². The van der Waals surface area contributed by atoms with Gasteiger partial charge < -0.3 is 4.74 Å². The van der Waals surface area contributed by atoms with Crippen molar-refractivity contribution in [3.8, 4) is 0 Å². The molecular formula is C18H19NO2. The fourth-order valence-corrected chi connectivity index (χ4v) is 2.70. The van der Waals surface area contributed by atoms with Gasteiger partial charge in [0.15, 0.2) is 0 Å². The van der Waals surface area contributed by atoms with Crippen molar-refractivity contribution < 1.29 is 9.53 Å². The molecule has 3 rings (SSSR count). The van der Waals surface area contributed by atoms with E-state index < -0.39 is 0 Å². The Kier molecular flexibility index (Phi) is 4.31. The summed E-state index contributed by atoms with van der Waals surface area (Å²) in [7, 11) is 0. The Morgan fingerprint density at radius 1 is 1.05 bits per heavy atom. The Balaban J connectivity index is 1.79. The molecule has 108 valence electrons. The highest BCUT2D eigenvalue weighted by Crippen LogP contribution is 2.21. The van der Waals surface area contributed by atoms with Gasteiger partial charge in [-0.1, -0.05) is 60.7 Å². The summed E-state index contributed by atoms with van der Waals surface area (Å²) in [6.45, 7) is 0.517. The Morgan fingerprint density at radius 2 is 1.71 bits per heavy atom. The van der Waals surface area contributed by atoms with Gasteiger partial charge >= 0.3 is 5.97 Å². The molecule has 0 bridgehead atoms.